The fourth-order valence-corrected chi connectivity index (χ4v) is 2.55. The third-order valence-corrected chi connectivity index (χ3v) is 3.58. The molecule has 1 heterocycles. The molecular weight excluding hydrogens is 260 g/mol. The van der Waals surface area contributed by atoms with E-state index in [0.29, 0.717) is 5.69 Å². The topological polar surface area (TPSA) is 34.9 Å². The Labute approximate surface area is 123 Å². The maximum Gasteiger partial charge on any atom is 0.212 e. The number of rotatable bonds is 3. The van der Waals surface area contributed by atoms with E-state index in [4.69, 9.17) is 0 Å². The van der Waals surface area contributed by atoms with Crippen LogP contribution in [0.2, 0.25) is 0 Å². The van der Waals surface area contributed by atoms with Gasteiger partial charge in [0, 0.05) is 5.56 Å². The molecule has 0 saturated carbocycles. The van der Waals surface area contributed by atoms with Crippen molar-refractivity contribution in [1.29, 1.82) is 0 Å². The first-order valence-corrected chi connectivity index (χ1v) is 6.89. The SMILES string of the molecule is Cc1cccc(C)c1C(=O)c1ccnn1-c1ccccc1. The monoisotopic (exact) mass is 276 g/mol. The van der Waals surface area contributed by atoms with Crippen LogP contribution in [0.4, 0.5) is 0 Å². The first kappa shape index (κ1) is 13.3. The Hall–Kier alpha value is -2.68. The molecule has 0 saturated heterocycles. The van der Waals surface area contributed by atoms with Gasteiger partial charge in [-0.2, -0.15) is 5.10 Å². The molecule has 3 aromatic rings. The molecule has 2 aromatic carbocycles. The average Bonchev–Trinajstić information content (AvgIpc) is 2.97. The van der Waals surface area contributed by atoms with E-state index < -0.39 is 0 Å². The summed E-state index contributed by atoms with van der Waals surface area (Å²) in [7, 11) is 0. The van der Waals surface area contributed by atoms with Crippen LogP contribution in [0.3, 0.4) is 0 Å². The van der Waals surface area contributed by atoms with Crippen molar-refractivity contribution >= 4 is 5.78 Å². The molecule has 0 aliphatic rings. The summed E-state index contributed by atoms with van der Waals surface area (Å²) in [6.45, 7) is 3.92. The highest BCUT2D eigenvalue weighted by Crippen LogP contribution is 2.20. The summed E-state index contributed by atoms with van der Waals surface area (Å²) in [6.07, 6.45) is 1.66. The van der Waals surface area contributed by atoms with Crippen LogP contribution >= 0.6 is 0 Å². The van der Waals surface area contributed by atoms with Gasteiger partial charge in [0.1, 0.15) is 5.69 Å². The molecule has 0 atom stereocenters. The Morgan fingerprint density at radius 1 is 0.905 bits per heavy atom. The lowest BCUT2D eigenvalue weighted by Gasteiger charge is -2.10. The molecule has 0 N–H and O–H groups in total. The lowest BCUT2D eigenvalue weighted by molar-refractivity contribution is 0.103. The van der Waals surface area contributed by atoms with Crippen LogP contribution in [0.15, 0.2) is 60.8 Å². The van der Waals surface area contributed by atoms with Crippen molar-refractivity contribution in [3.05, 3.63) is 83.2 Å². The number of carbonyl (C=O) groups excluding carboxylic acids is 1. The summed E-state index contributed by atoms with van der Waals surface area (Å²) in [5, 5.41) is 4.29. The number of ketones is 1. The zero-order valence-corrected chi connectivity index (χ0v) is 12.1. The van der Waals surface area contributed by atoms with E-state index in [1.165, 1.54) is 0 Å². The quantitative estimate of drug-likeness (QED) is 0.683. The molecular formula is C18H16N2O. The number of nitrogens with zero attached hydrogens (tertiary/aromatic N) is 2. The Kier molecular flexibility index (Phi) is 3.40. The summed E-state index contributed by atoms with van der Waals surface area (Å²) >= 11 is 0. The van der Waals surface area contributed by atoms with Crippen LogP contribution in [0, 0.1) is 13.8 Å². The van der Waals surface area contributed by atoms with Crippen LogP contribution < -0.4 is 0 Å². The summed E-state index contributed by atoms with van der Waals surface area (Å²) in [5.74, 6) is 0.00644. The molecule has 0 unspecified atom stereocenters. The molecule has 104 valence electrons. The predicted molar refractivity (Wildman–Crippen MR) is 82.9 cm³/mol. The van der Waals surface area contributed by atoms with Gasteiger partial charge in [-0.3, -0.25) is 4.79 Å². The molecule has 0 amide bonds. The molecule has 0 fully saturated rings. The Balaban J connectivity index is 2.11. The third-order valence-electron chi connectivity index (χ3n) is 3.58. The molecule has 0 radical (unpaired) electrons. The maximum atomic E-state index is 12.9. The van der Waals surface area contributed by atoms with Crippen molar-refractivity contribution in [2.45, 2.75) is 13.8 Å². The van der Waals surface area contributed by atoms with E-state index in [1.54, 1.807) is 16.9 Å². The Morgan fingerprint density at radius 3 is 2.24 bits per heavy atom. The minimum Gasteiger partial charge on any atom is -0.287 e. The second kappa shape index (κ2) is 5.37. The molecule has 3 rings (SSSR count). The Bertz CT molecular complexity index is 768. The largest absolute Gasteiger partial charge is 0.287 e. The van der Waals surface area contributed by atoms with Crippen molar-refractivity contribution in [1.82, 2.24) is 9.78 Å². The normalized spacial score (nSPS) is 10.6. The third kappa shape index (κ3) is 2.38. The molecule has 0 aliphatic carbocycles. The van der Waals surface area contributed by atoms with Crippen molar-refractivity contribution < 1.29 is 4.79 Å². The number of aryl methyl sites for hydroxylation is 2. The van der Waals surface area contributed by atoms with Gasteiger partial charge in [0.05, 0.1) is 11.9 Å². The number of hydrogen-bond donors (Lipinski definition) is 0. The van der Waals surface area contributed by atoms with Crippen LogP contribution in [-0.2, 0) is 0 Å². The van der Waals surface area contributed by atoms with Gasteiger partial charge in [-0.15, -0.1) is 0 Å². The van der Waals surface area contributed by atoms with E-state index in [0.717, 1.165) is 22.4 Å². The Morgan fingerprint density at radius 2 is 1.57 bits per heavy atom. The zero-order chi connectivity index (χ0) is 14.8. The maximum absolute atomic E-state index is 12.9. The minimum absolute atomic E-state index is 0.00644. The number of para-hydroxylation sites is 1. The summed E-state index contributed by atoms with van der Waals surface area (Å²) in [6, 6.07) is 17.3. The predicted octanol–water partition coefficient (Wildman–Crippen LogP) is 3.72. The molecule has 0 bridgehead atoms. The van der Waals surface area contributed by atoms with Crippen molar-refractivity contribution in [3.8, 4) is 5.69 Å². The van der Waals surface area contributed by atoms with Gasteiger partial charge in [-0.1, -0.05) is 36.4 Å². The number of carbonyl (C=O) groups is 1. The van der Waals surface area contributed by atoms with Gasteiger partial charge < -0.3 is 0 Å². The van der Waals surface area contributed by atoms with E-state index in [1.807, 2.05) is 62.4 Å². The lowest BCUT2D eigenvalue weighted by Crippen LogP contribution is -2.12. The highest BCUT2D eigenvalue weighted by molar-refractivity contribution is 6.10. The first-order valence-electron chi connectivity index (χ1n) is 6.89. The van der Waals surface area contributed by atoms with Gasteiger partial charge in [-0.25, -0.2) is 4.68 Å². The fraction of sp³-hybridized carbons (Fsp3) is 0.111. The van der Waals surface area contributed by atoms with Gasteiger partial charge in [0.15, 0.2) is 0 Å². The van der Waals surface area contributed by atoms with E-state index in [2.05, 4.69) is 5.10 Å². The number of hydrogen-bond acceptors (Lipinski definition) is 2. The molecule has 1 aromatic heterocycles. The molecule has 21 heavy (non-hydrogen) atoms. The number of aromatic nitrogens is 2. The van der Waals surface area contributed by atoms with Gasteiger partial charge in [-0.05, 0) is 43.2 Å². The molecule has 0 spiro atoms. The minimum atomic E-state index is 0.00644. The fourth-order valence-electron chi connectivity index (χ4n) is 2.55. The highest BCUT2D eigenvalue weighted by Gasteiger charge is 2.18. The van der Waals surface area contributed by atoms with Crippen LogP contribution in [0.1, 0.15) is 27.2 Å². The van der Waals surface area contributed by atoms with E-state index >= 15 is 0 Å². The standard InChI is InChI=1S/C18H16N2O/c1-13-7-6-8-14(2)17(13)18(21)16-11-12-19-20(16)15-9-4-3-5-10-15/h3-12H,1-2H3. The molecule has 3 heteroatoms. The van der Waals surface area contributed by atoms with Crippen LogP contribution in [0.5, 0.6) is 0 Å². The van der Waals surface area contributed by atoms with Crippen molar-refractivity contribution in [3.63, 3.8) is 0 Å². The van der Waals surface area contributed by atoms with Crippen LogP contribution in [-0.4, -0.2) is 15.6 Å². The van der Waals surface area contributed by atoms with Gasteiger partial charge in [0.25, 0.3) is 0 Å². The average molecular weight is 276 g/mol. The first-order chi connectivity index (χ1) is 10.2. The summed E-state index contributed by atoms with van der Waals surface area (Å²) < 4.78 is 1.69. The van der Waals surface area contributed by atoms with E-state index in [-0.39, 0.29) is 5.78 Å². The number of benzene rings is 2. The smallest absolute Gasteiger partial charge is 0.212 e. The second-order valence-electron chi connectivity index (χ2n) is 5.06. The molecule has 3 nitrogen and oxygen atoms in total. The van der Waals surface area contributed by atoms with E-state index in [9.17, 15) is 4.79 Å². The second-order valence-corrected chi connectivity index (χ2v) is 5.06. The zero-order valence-electron chi connectivity index (χ0n) is 12.1. The summed E-state index contributed by atoms with van der Waals surface area (Å²) in [5.41, 5.74) is 4.20. The van der Waals surface area contributed by atoms with Crippen LogP contribution in [0.25, 0.3) is 5.69 Å². The van der Waals surface area contributed by atoms with Gasteiger partial charge in [0.2, 0.25) is 5.78 Å². The lowest BCUT2D eigenvalue weighted by atomic mass is 9.97. The summed E-state index contributed by atoms with van der Waals surface area (Å²) in [4.78, 5) is 12.9. The molecule has 0 aliphatic heterocycles. The van der Waals surface area contributed by atoms with Gasteiger partial charge >= 0.3 is 0 Å². The van der Waals surface area contributed by atoms with Crippen molar-refractivity contribution in [2.75, 3.05) is 0 Å². The van der Waals surface area contributed by atoms with Crippen molar-refractivity contribution in [2.24, 2.45) is 0 Å². The highest BCUT2D eigenvalue weighted by atomic mass is 16.1.